The number of fused-ring (bicyclic) bond motifs is 1. The summed E-state index contributed by atoms with van der Waals surface area (Å²) in [5.74, 6) is 0.438. The number of anilines is 1. The van der Waals surface area contributed by atoms with Gasteiger partial charge in [-0.3, -0.25) is 4.90 Å². The van der Waals surface area contributed by atoms with Crippen molar-refractivity contribution in [1.29, 1.82) is 0 Å². The molecule has 0 aromatic heterocycles. The number of benzene rings is 1. The van der Waals surface area contributed by atoms with Crippen molar-refractivity contribution in [2.24, 2.45) is 0 Å². The Kier molecular flexibility index (Phi) is 3.45. The predicted octanol–water partition coefficient (Wildman–Crippen LogP) is 3.65. The van der Waals surface area contributed by atoms with Crippen LogP contribution in [0.3, 0.4) is 0 Å². The van der Waals surface area contributed by atoms with Crippen LogP contribution < -0.4 is 10.2 Å². The number of rotatable bonds is 1. The van der Waals surface area contributed by atoms with E-state index in [4.69, 9.17) is 0 Å². The maximum Gasteiger partial charge on any atom is 0.322 e. The van der Waals surface area contributed by atoms with E-state index in [9.17, 15) is 4.79 Å². The lowest BCUT2D eigenvalue weighted by Gasteiger charge is -2.26. The van der Waals surface area contributed by atoms with E-state index >= 15 is 0 Å². The molecule has 1 saturated carbocycles. The highest BCUT2D eigenvalue weighted by molar-refractivity contribution is 5.94. The van der Waals surface area contributed by atoms with Crippen LogP contribution in [-0.2, 0) is 0 Å². The van der Waals surface area contributed by atoms with E-state index in [1.165, 1.54) is 24.8 Å². The lowest BCUT2D eigenvalue weighted by molar-refractivity contribution is 0.238. The van der Waals surface area contributed by atoms with Gasteiger partial charge in [-0.15, -0.1) is 0 Å². The minimum atomic E-state index is 0.0868. The fourth-order valence-corrected chi connectivity index (χ4v) is 3.31. The number of amides is 2. The highest BCUT2D eigenvalue weighted by Gasteiger charge is 2.30. The molecule has 1 atom stereocenters. The SMILES string of the molecule is CC1CN(C(=O)NC2CCCCC2)c2ccccc21. The molecule has 0 radical (unpaired) electrons. The molecule has 1 aliphatic heterocycles. The molecule has 1 unspecified atom stereocenters. The lowest BCUT2D eigenvalue weighted by Crippen LogP contribution is -2.45. The van der Waals surface area contributed by atoms with Gasteiger partial charge in [0.1, 0.15) is 0 Å². The van der Waals surface area contributed by atoms with Gasteiger partial charge in [-0.1, -0.05) is 44.4 Å². The van der Waals surface area contributed by atoms with E-state index < -0.39 is 0 Å². The molecular weight excluding hydrogens is 236 g/mol. The quantitative estimate of drug-likeness (QED) is 0.819. The van der Waals surface area contributed by atoms with E-state index in [0.29, 0.717) is 12.0 Å². The second-order valence-corrected chi connectivity index (χ2v) is 5.85. The molecule has 1 aliphatic carbocycles. The highest BCUT2D eigenvalue weighted by atomic mass is 16.2. The Labute approximate surface area is 115 Å². The fraction of sp³-hybridized carbons (Fsp3) is 0.562. The summed E-state index contributed by atoms with van der Waals surface area (Å²) >= 11 is 0. The fourth-order valence-electron chi connectivity index (χ4n) is 3.31. The first-order chi connectivity index (χ1) is 9.25. The molecule has 3 heteroatoms. The highest BCUT2D eigenvalue weighted by Crippen LogP contribution is 2.35. The molecule has 0 saturated heterocycles. The van der Waals surface area contributed by atoms with Crippen LogP contribution in [0.2, 0.25) is 0 Å². The smallest absolute Gasteiger partial charge is 0.322 e. The summed E-state index contributed by atoms with van der Waals surface area (Å²) in [6.07, 6.45) is 6.08. The molecule has 19 heavy (non-hydrogen) atoms. The van der Waals surface area contributed by atoms with Gasteiger partial charge in [0.05, 0.1) is 0 Å². The molecule has 2 aliphatic rings. The minimum Gasteiger partial charge on any atom is -0.335 e. The van der Waals surface area contributed by atoms with Crippen LogP contribution in [0.25, 0.3) is 0 Å². The van der Waals surface area contributed by atoms with E-state index in [1.54, 1.807) is 0 Å². The third kappa shape index (κ3) is 2.46. The van der Waals surface area contributed by atoms with Crippen molar-refractivity contribution in [2.45, 2.75) is 51.0 Å². The molecule has 1 aromatic carbocycles. The molecule has 1 fully saturated rings. The van der Waals surface area contributed by atoms with Crippen LogP contribution >= 0.6 is 0 Å². The van der Waals surface area contributed by atoms with Crippen molar-refractivity contribution in [3.8, 4) is 0 Å². The zero-order chi connectivity index (χ0) is 13.2. The largest absolute Gasteiger partial charge is 0.335 e. The molecule has 102 valence electrons. The van der Waals surface area contributed by atoms with Crippen molar-refractivity contribution in [1.82, 2.24) is 5.32 Å². The van der Waals surface area contributed by atoms with Gasteiger partial charge < -0.3 is 5.32 Å². The van der Waals surface area contributed by atoms with Crippen LogP contribution in [-0.4, -0.2) is 18.6 Å². The van der Waals surface area contributed by atoms with Crippen LogP contribution in [0.1, 0.15) is 50.5 Å². The Bertz CT molecular complexity index is 466. The molecule has 0 spiro atoms. The first-order valence-corrected chi connectivity index (χ1v) is 7.42. The molecule has 0 bridgehead atoms. The predicted molar refractivity (Wildman–Crippen MR) is 77.6 cm³/mol. The van der Waals surface area contributed by atoms with E-state index in [1.807, 2.05) is 11.0 Å². The molecule has 1 N–H and O–H groups in total. The van der Waals surface area contributed by atoms with E-state index in [0.717, 1.165) is 25.1 Å². The van der Waals surface area contributed by atoms with Crippen molar-refractivity contribution >= 4 is 11.7 Å². The summed E-state index contributed by atoms with van der Waals surface area (Å²) in [5.41, 5.74) is 2.38. The number of nitrogens with one attached hydrogen (secondary N) is 1. The van der Waals surface area contributed by atoms with Gasteiger partial charge in [0.25, 0.3) is 0 Å². The topological polar surface area (TPSA) is 32.3 Å². The Morgan fingerprint density at radius 3 is 2.74 bits per heavy atom. The average molecular weight is 258 g/mol. The third-order valence-electron chi connectivity index (χ3n) is 4.39. The lowest BCUT2D eigenvalue weighted by atomic mass is 9.96. The molecule has 3 nitrogen and oxygen atoms in total. The molecule has 1 aromatic rings. The summed E-state index contributed by atoms with van der Waals surface area (Å²) in [6.45, 7) is 2.99. The summed E-state index contributed by atoms with van der Waals surface area (Å²) in [6, 6.07) is 8.72. The summed E-state index contributed by atoms with van der Waals surface area (Å²) in [7, 11) is 0. The van der Waals surface area contributed by atoms with Crippen LogP contribution in [0.5, 0.6) is 0 Å². The van der Waals surface area contributed by atoms with Crippen LogP contribution in [0, 0.1) is 0 Å². The Morgan fingerprint density at radius 1 is 1.21 bits per heavy atom. The molecule has 2 amide bonds. The number of urea groups is 1. The second-order valence-electron chi connectivity index (χ2n) is 5.85. The molecule has 3 rings (SSSR count). The standard InChI is InChI=1S/C16H22N2O/c1-12-11-18(15-10-6-5-9-14(12)15)16(19)17-13-7-3-2-4-8-13/h5-6,9-10,12-13H,2-4,7-8,11H2,1H3,(H,17,19). The number of carbonyl (C=O) groups excluding carboxylic acids is 1. The number of para-hydroxylation sites is 1. The van der Waals surface area contributed by atoms with Crippen molar-refractivity contribution in [2.75, 3.05) is 11.4 Å². The van der Waals surface area contributed by atoms with Crippen molar-refractivity contribution < 1.29 is 4.79 Å². The van der Waals surface area contributed by atoms with Gasteiger partial charge in [-0.05, 0) is 24.5 Å². The number of nitrogens with zero attached hydrogens (tertiary/aromatic N) is 1. The average Bonchev–Trinajstić information content (AvgIpc) is 2.78. The van der Waals surface area contributed by atoms with Gasteiger partial charge in [0.15, 0.2) is 0 Å². The monoisotopic (exact) mass is 258 g/mol. The van der Waals surface area contributed by atoms with Crippen molar-refractivity contribution in [3.05, 3.63) is 29.8 Å². The van der Waals surface area contributed by atoms with Crippen molar-refractivity contribution in [3.63, 3.8) is 0 Å². The number of carbonyl (C=O) groups is 1. The Balaban J connectivity index is 1.71. The van der Waals surface area contributed by atoms with Crippen LogP contribution in [0.15, 0.2) is 24.3 Å². The van der Waals surface area contributed by atoms with Crippen LogP contribution in [0.4, 0.5) is 10.5 Å². The maximum atomic E-state index is 12.4. The zero-order valence-electron chi connectivity index (χ0n) is 11.6. The maximum absolute atomic E-state index is 12.4. The normalized spacial score (nSPS) is 23.2. The summed E-state index contributed by atoms with van der Waals surface area (Å²) < 4.78 is 0. The first-order valence-electron chi connectivity index (χ1n) is 7.42. The van der Waals surface area contributed by atoms with E-state index in [2.05, 4.69) is 30.4 Å². The Hall–Kier alpha value is -1.51. The first kappa shape index (κ1) is 12.5. The van der Waals surface area contributed by atoms with Gasteiger partial charge in [-0.2, -0.15) is 0 Å². The molecular formula is C16H22N2O. The molecule has 1 heterocycles. The summed E-state index contributed by atoms with van der Waals surface area (Å²) in [4.78, 5) is 14.3. The number of hydrogen-bond acceptors (Lipinski definition) is 1. The van der Waals surface area contributed by atoms with Gasteiger partial charge in [-0.25, -0.2) is 4.79 Å². The minimum absolute atomic E-state index is 0.0868. The summed E-state index contributed by atoms with van der Waals surface area (Å²) in [5, 5.41) is 3.21. The zero-order valence-corrected chi connectivity index (χ0v) is 11.6. The van der Waals surface area contributed by atoms with Gasteiger partial charge in [0.2, 0.25) is 0 Å². The number of hydrogen-bond donors (Lipinski definition) is 1. The van der Waals surface area contributed by atoms with E-state index in [-0.39, 0.29) is 6.03 Å². The van der Waals surface area contributed by atoms with Gasteiger partial charge >= 0.3 is 6.03 Å². The second kappa shape index (κ2) is 5.24. The van der Waals surface area contributed by atoms with Gasteiger partial charge in [0, 0.05) is 24.2 Å². The Morgan fingerprint density at radius 2 is 1.95 bits per heavy atom. The third-order valence-corrected chi connectivity index (χ3v) is 4.39.